The van der Waals surface area contributed by atoms with Crippen LogP contribution in [0.15, 0.2) is 18.7 Å². The van der Waals surface area contributed by atoms with E-state index in [1.165, 1.54) is 45.1 Å². The van der Waals surface area contributed by atoms with Gasteiger partial charge in [-0.25, -0.2) is 9.13 Å². The molecule has 1 heterocycles. The van der Waals surface area contributed by atoms with Gasteiger partial charge in [0.1, 0.15) is 12.4 Å². The summed E-state index contributed by atoms with van der Waals surface area (Å²) < 4.78 is 43.4. The van der Waals surface area contributed by atoms with Gasteiger partial charge in [0.15, 0.2) is 0 Å². The van der Waals surface area contributed by atoms with E-state index in [-0.39, 0.29) is 0 Å². The van der Waals surface area contributed by atoms with Crippen LogP contribution in [0.5, 0.6) is 0 Å². The Morgan fingerprint density at radius 2 is 1.43 bits per heavy atom. The summed E-state index contributed by atoms with van der Waals surface area (Å²) in [5.41, 5.74) is 0. The number of aromatic nitrogens is 2. The van der Waals surface area contributed by atoms with Crippen molar-refractivity contribution in [2.45, 2.75) is 52.0 Å². The fraction of sp³-hybridized carbons (Fsp3) is 0.750. The zero-order valence-corrected chi connectivity index (χ0v) is 13.6. The van der Waals surface area contributed by atoms with Crippen LogP contribution >= 0.6 is 0 Å². The number of aryl methyl sites for hydroxylation is 2. The first kappa shape index (κ1) is 24.2. The van der Waals surface area contributed by atoms with E-state index in [0.29, 0.717) is 0 Å². The van der Waals surface area contributed by atoms with E-state index >= 15 is 0 Å². The largest absolute Gasteiger partial charge is 0.673 e. The maximum Gasteiger partial charge on any atom is 0.673 e. The van der Waals surface area contributed by atoms with Crippen LogP contribution in [0, 0.1) is 0 Å². The number of unbranched alkanes of at least 4 members (excludes halogenated alkanes) is 5. The Labute approximate surface area is 134 Å². The minimum Gasteiger partial charge on any atom is -0.418 e. The van der Waals surface area contributed by atoms with Crippen LogP contribution in [0.25, 0.3) is 0 Å². The lowest BCUT2D eigenvalue weighted by Gasteiger charge is -1.98. The van der Waals surface area contributed by atoms with Crippen molar-refractivity contribution in [2.24, 2.45) is 7.05 Å². The minimum absolute atomic E-state index is 1.17. The van der Waals surface area contributed by atoms with E-state index in [1.807, 2.05) is 0 Å². The van der Waals surface area contributed by atoms with Gasteiger partial charge in [-0.2, -0.15) is 0 Å². The molecule has 0 saturated carbocycles. The molecule has 1 rings (SSSR count). The molecule has 0 unspecified atom stereocenters. The van der Waals surface area contributed by atoms with Crippen molar-refractivity contribution in [1.29, 1.82) is 0 Å². The number of halogens is 4. The van der Waals surface area contributed by atoms with E-state index in [4.69, 9.17) is 15.1 Å². The topological polar surface area (TPSA) is 69.5 Å². The lowest BCUT2D eigenvalue weighted by Crippen LogP contribution is -2.23. The molecule has 0 atom stereocenters. The van der Waals surface area contributed by atoms with Gasteiger partial charge in [0.25, 0.3) is 0 Å². The van der Waals surface area contributed by atoms with Gasteiger partial charge in [0.05, 0.1) is 13.6 Å². The third kappa shape index (κ3) is 29.6. The van der Waals surface area contributed by atoms with Crippen LogP contribution in [0.1, 0.15) is 45.4 Å². The van der Waals surface area contributed by atoms with E-state index in [9.17, 15) is 17.3 Å². The highest BCUT2D eigenvalue weighted by atomic mass is 19.5. The van der Waals surface area contributed by atoms with Crippen molar-refractivity contribution in [2.75, 3.05) is 0 Å². The molecule has 136 valence electrons. The van der Waals surface area contributed by atoms with E-state index in [1.54, 1.807) is 0 Å². The van der Waals surface area contributed by atoms with Crippen LogP contribution in [0.4, 0.5) is 17.3 Å². The number of hydrogen-bond donors (Lipinski definition) is 3. The minimum atomic E-state index is -6.00. The van der Waals surface area contributed by atoms with Crippen molar-refractivity contribution in [1.82, 2.24) is 4.57 Å². The van der Waals surface area contributed by atoms with Gasteiger partial charge in [-0.15, -0.1) is 0 Å². The Hall–Kier alpha value is -1.06. The Morgan fingerprint density at radius 1 is 1.00 bits per heavy atom. The molecule has 3 N–H and O–H groups in total. The molecule has 0 bridgehead atoms. The molecule has 0 radical (unpaired) electrons. The third-order valence-corrected chi connectivity index (χ3v) is 2.59. The molecule has 23 heavy (non-hydrogen) atoms. The first-order valence-electron chi connectivity index (χ1n) is 7.48. The van der Waals surface area contributed by atoms with Gasteiger partial charge in [0, 0.05) is 0 Å². The quantitative estimate of drug-likeness (QED) is 0.306. The van der Waals surface area contributed by atoms with Gasteiger partial charge in [0.2, 0.25) is 6.33 Å². The van der Waals surface area contributed by atoms with Gasteiger partial charge >= 0.3 is 14.6 Å². The van der Waals surface area contributed by atoms with Crippen LogP contribution in [0.3, 0.4) is 0 Å². The summed E-state index contributed by atoms with van der Waals surface area (Å²) in [5.74, 6) is 0. The monoisotopic (exact) mass is 344 g/mol. The predicted molar refractivity (Wildman–Crippen MR) is 81.6 cm³/mol. The summed E-state index contributed by atoms with van der Waals surface area (Å²) in [7, 11) is -6.10. The van der Waals surface area contributed by atoms with Crippen LogP contribution in [-0.4, -0.2) is 34.2 Å². The number of nitrogens with zero attached hydrogens (tertiary/aromatic N) is 2. The molecule has 0 saturated heterocycles. The van der Waals surface area contributed by atoms with E-state index in [0.717, 1.165) is 0 Å². The Balaban J connectivity index is 0. The number of imidazole rings is 1. The van der Waals surface area contributed by atoms with Crippen molar-refractivity contribution >= 4 is 14.6 Å². The molecule has 5 nitrogen and oxygen atoms in total. The highest BCUT2D eigenvalue weighted by Crippen LogP contribution is 2.06. The van der Waals surface area contributed by atoms with E-state index in [2.05, 4.69) is 41.8 Å². The normalized spacial score (nSPS) is 10.3. The average molecular weight is 344 g/mol. The second-order valence-electron chi connectivity index (χ2n) is 4.93. The standard InChI is InChI=1S/C12H23N2.BF4.BH3O3/c1-3-4-5-6-7-8-9-14-11-10-13(2)12-14;2-1(3,4)5;2-1(3)4/h10-12H,3-9H2,1-2H3;;2-4H/q+1;-1;. The first-order chi connectivity index (χ1) is 10.6. The second kappa shape index (κ2) is 14.5. The van der Waals surface area contributed by atoms with Crippen molar-refractivity contribution < 1.29 is 36.9 Å². The maximum absolute atomic E-state index is 9.75. The van der Waals surface area contributed by atoms with Crippen molar-refractivity contribution in [3.05, 3.63) is 18.7 Å². The summed E-state index contributed by atoms with van der Waals surface area (Å²) >= 11 is 0. The van der Waals surface area contributed by atoms with Gasteiger partial charge in [-0.05, 0) is 12.8 Å². The molecule has 0 aliphatic carbocycles. The summed E-state index contributed by atoms with van der Waals surface area (Å²) in [6.45, 7) is 3.44. The number of hydrogen-bond acceptors (Lipinski definition) is 3. The molecule has 0 spiro atoms. The zero-order valence-electron chi connectivity index (χ0n) is 13.6. The van der Waals surface area contributed by atoms with Crippen LogP contribution < -0.4 is 4.57 Å². The summed E-state index contributed by atoms with van der Waals surface area (Å²) in [4.78, 5) is 0. The lowest BCUT2D eigenvalue weighted by atomic mass is 10.1. The van der Waals surface area contributed by atoms with Crippen LogP contribution in [0.2, 0.25) is 0 Å². The van der Waals surface area contributed by atoms with Crippen LogP contribution in [-0.2, 0) is 13.6 Å². The molecule has 1 aromatic rings. The Morgan fingerprint density at radius 3 is 1.83 bits per heavy atom. The lowest BCUT2D eigenvalue weighted by molar-refractivity contribution is -0.671. The maximum atomic E-state index is 9.75. The zero-order chi connectivity index (χ0) is 18.3. The summed E-state index contributed by atoms with van der Waals surface area (Å²) in [5, 5.41) is 21.5. The highest BCUT2D eigenvalue weighted by Gasteiger charge is 2.20. The summed E-state index contributed by atoms with van der Waals surface area (Å²) in [6, 6.07) is 0. The molecule has 0 aliphatic heterocycles. The highest BCUT2D eigenvalue weighted by molar-refractivity contribution is 6.50. The molecule has 0 aromatic carbocycles. The molecular formula is C12H26B2F4N2O3. The molecular weight excluding hydrogens is 318 g/mol. The summed E-state index contributed by atoms with van der Waals surface area (Å²) in [6.07, 6.45) is 14.6. The molecule has 0 aliphatic rings. The molecule has 0 amide bonds. The fourth-order valence-electron chi connectivity index (χ4n) is 1.71. The van der Waals surface area contributed by atoms with Crippen molar-refractivity contribution in [3.8, 4) is 0 Å². The molecule has 11 heteroatoms. The van der Waals surface area contributed by atoms with Crippen molar-refractivity contribution in [3.63, 3.8) is 0 Å². The van der Waals surface area contributed by atoms with Gasteiger partial charge < -0.3 is 32.3 Å². The molecule has 0 fully saturated rings. The Bertz CT molecular complexity index is 371. The second-order valence-corrected chi connectivity index (χ2v) is 4.93. The smallest absolute Gasteiger partial charge is 0.418 e. The first-order valence-corrected chi connectivity index (χ1v) is 7.48. The van der Waals surface area contributed by atoms with Gasteiger partial charge in [-0.3, -0.25) is 0 Å². The SMILES string of the molecule is CCCCCCCCn1cc[n+](C)c1.F[B-](F)(F)F.OB(O)O. The third-order valence-electron chi connectivity index (χ3n) is 2.59. The predicted octanol–water partition coefficient (Wildman–Crippen LogP) is 1.92. The molecule has 1 aromatic heterocycles. The van der Waals surface area contributed by atoms with Gasteiger partial charge in [-0.1, -0.05) is 32.6 Å². The average Bonchev–Trinajstić information content (AvgIpc) is 2.77. The fourth-order valence-corrected chi connectivity index (χ4v) is 1.71. The van der Waals surface area contributed by atoms with E-state index < -0.39 is 14.6 Å². The Kier molecular flexibility index (Phi) is 15.3. The number of rotatable bonds is 7.